The first-order valence-corrected chi connectivity index (χ1v) is 9.95. The zero-order valence-corrected chi connectivity index (χ0v) is 16.1. The summed E-state index contributed by atoms with van der Waals surface area (Å²) in [6.45, 7) is 0. The average molecular weight is 399 g/mol. The van der Waals surface area contributed by atoms with Crippen molar-refractivity contribution >= 4 is 39.9 Å². The third-order valence-corrected chi connectivity index (χ3v) is 5.89. The maximum absolute atomic E-state index is 12.3. The highest BCUT2D eigenvalue weighted by molar-refractivity contribution is 7.17. The highest BCUT2D eigenvalue weighted by Crippen LogP contribution is 2.36. The van der Waals surface area contributed by atoms with E-state index in [1.54, 1.807) is 18.2 Å². The summed E-state index contributed by atoms with van der Waals surface area (Å²) in [5.41, 5.74) is 7.65. The summed E-state index contributed by atoms with van der Waals surface area (Å²) in [5.74, 6) is -0.900. The molecule has 146 valence electrons. The smallest absolute Gasteiger partial charge is 0.269 e. The fourth-order valence-electron chi connectivity index (χ4n) is 3.30. The molecule has 3 N–H and O–H groups in total. The van der Waals surface area contributed by atoms with Crippen molar-refractivity contribution in [3.63, 3.8) is 0 Å². The number of primary amides is 1. The van der Waals surface area contributed by atoms with E-state index in [-0.39, 0.29) is 11.6 Å². The van der Waals surface area contributed by atoms with Gasteiger partial charge >= 0.3 is 0 Å². The molecule has 0 fully saturated rings. The van der Waals surface area contributed by atoms with Gasteiger partial charge in [-0.1, -0.05) is 12.8 Å². The lowest BCUT2D eigenvalue weighted by Crippen LogP contribution is -2.17. The number of anilines is 1. The average Bonchev–Trinajstić information content (AvgIpc) is 2.96. The Kier molecular flexibility index (Phi) is 6.20. The highest BCUT2D eigenvalue weighted by Gasteiger charge is 2.23. The topological polar surface area (TPSA) is 115 Å². The number of thiophene rings is 1. The summed E-state index contributed by atoms with van der Waals surface area (Å²) < 4.78 is 0. The third kappa shape index (κ3) is 4.64. The van der Waals surface area contributed by atoms with E-state index in [0.717, 1.165) is 42.5 Å². The Morgan fingerprint density at radius 1 is 1.11 bits per heavy atom. The van der Waals surface area contributed by atoms with Crippen molar-refractivity contribution in [1.82, 2.24) is 0 Å². The minimum absolute atomic E-state index is 0.0105. The van der Waals surface area contributed by atoms with Crippen LogP contribution in [0, 0.1) is 10.1 Å². The van der Waals surface area contributed by atoms with E-state index < -0.39 is 10.8 Å². The lowest BCUT2D eigenvalue weighted by Gasteiger charge is -2.10. The van der Waals surface area contributed by atoms with Crippen LogP contribution >= 0.6 is 11.3 Å². The Morgan fingerprint density at radius 2 is 1.79 bits per heavy atom. The maximum Gasteiger partial charge on any atom is 0.269 e. The van der Waals surface area contributed by atoms with Crippen LogP contribution in [-0.2, 0) is 17.6 Å². The van der Waals surface area contributed by atoms with E-state index in [4.69, 9.17) is 5.73 Å². The van der Waals surface area contributed by atoms with Gasteiger partial charge in [-0.2, -0.15) is 0 Å². The molecule has 2 aromatic rings. The normalized spacial score (nSPS) is 14.1. The van der Waals surface area contributed by atoms with Gasteiger partial charge in [0.15, 0.2) is 0 Å². The van der Waals surface area contributed by atoms with Crippen LogP contribution in [-0.4, -0.2) is 16.7 Å². The van der Waals surface area contributed by atoms with Gasteiger partial charge in [-0.3, -0.25) is 19.7 Å². The fraction of sp³-hybridized carbons (Fsp3) is 0.300. The van der Waals surface area contributed by atoms with Crippen molar-refractivity contribution in [3.8, 4) is 0 Å². The predicted octanol–water partition coefficient (Wildman–Crippen LogP) is 4.07. The Balaban J connectivity index is 1.76. The molecule has 1 heterocycles. The van der Waals surface area contributed by atoms with E-state index in [2.05, 4.69) is 5.32 Å². The number of carbonyl (C=O) groups is 2. The number of nitro benzene ring substituents is 1. The second-order valence-electron chi connectivity index (χ2n) is 6.66. The van der Waals surface area contributed by atoms with Crippen LogP contribution in [0.1, 0.15) is 52.0 Å². The number of benzene rings is 1. The molecule has 0 atom stereocenters. The first kappa shape index (κ1) is 19.8. The summed E-state index contributed by atoms with van der Waals surface area (Å²) in [5, 5.41) is 14.0. The molecule has 0 saturated heterocycles. The molecule has 0 unspecified atom stereocenters. The largest absolute Gasteiger partial charge is 0.365 e. The summed E-state index contributed by atoms with van der Waals surface area (Å²) in [7, 11) is 0. The molecule has 8 heteroatoms. The van der Waals surface area contributed by atoms with E-state index in [1.807, 2.05) is 0 Å². The third-order valence-electron chi connectivity index (χ3n) is 4.69. The zero-order chi connectivity index (χ0) is 20.1. The van der Waals surface area contributed by atoms with Crippen molar-refractivity contribution in [2.75, 3.05) is 5.32 Å². The van der Waals surface area contributed by atoms with Crippen molar-refractivity contribution in [1.29, 1.82) is 0 Å². The van der Waals surface area contributed by atoms with Crippen LogP contribution in [0.15, 0.2) is 30.3 Å². The molecule has 1 aromatic carbocycles. The summed E-state index contributed by atoms with van der Waals surface area (Å²) in [6.07, 6.45) is 8.98. The highest BCUT2D eigenvalue weighted by atomic mass is 32.1. The summed E-state index contributed by atoms with van der Waals surface area (Å²) >= 11 is 1.43. The molecule has 1 aliphatic rings. The second kappa shape index (κ2) is 8.79. The number of hydrogen-bond acceptors (Lipinski definition) is 5. The molecular formula is C20H21N3O4S. The van der Waals surface area contributed by atoms with Gasteiger partial charge in [0.25, 0.3) is 11.6 Å². The van der Waals surface area contributed by atoms with Crippen molar-refractivity contribution in [2.24, 2.45) is 5.73 Å². The number of non-ortho nitro benzene ring substituents is 1. The summed E-state index contributed by atoms with van der Waals surface area (Å²) in [4.78, 5) is 35.7. The van der Waals surface area contributed by atoms with Crippen LogP contribution in [0.4, 0.5) is 10.7 Å². The summed E-state index contributed by atoms with van der Waals surface area (Å²) in [6, 6.07) is 5.88. The Bertz CT molecular complexity index is 932. The van der Waals surface area contributed by atoms with Crippen LogP contribution in [0.2, 0.25) is 0 Å². The number of amides is 2. The van der Waals surface area contributed by atoms with E-state index >= 15 is 0 Å². The van der Waals surface area contributed by atoms with Crippen LogP contribution in [0.3, 0.4) is 0 Å². The minimum Gasteiger partial charge on any atom is -0.365 e. The molecule has 1 aliphatic carbocycles. The number of nitrogens with zero attached hydrogens (tertiary/aromatic N) is 1. The van der Waals surface area contributed by atoms with Crippen LogP contribution < -0.4 is 11.1 Å². The SMILES string of the molecule is NC(=O)c1c(NC(=O)/C=C\c2ccc([N+](=O)[O-])cc2)sc2c1CCCCCC2. The number of aryl methyl sites for hydroxylation is 1. The van der Waals surface area contributed by atoms with Gasteiger partial charge in [-0.25, -0.2) is 0 Å². The number of hydrogen-bond donors (Lipinski definition) is 2. The molecule has 0 saturated carbocycles. The lowest BCUT2D eigenvalue weighted by atomic mass is 9.96. The van der Waals surface area contributed by atoms with Gasteiger partial charge in [-0.05, 0) is 55.0 Å². The molecule has 0 radical (unpaired) electrons. The molecule has 0 aliphatic heterocycles. The quantitative estimate of drug-likeness (QED) is 0.448. The molecule has 0 spiro atoms. The van der Waals surface area contributed by atoms with Crippen LogP contribution in [0.25, 0.3) is 6.08 Å². The van der Waals surface area contributed by atoms with E-state index in [9.17, 15) is 19.7 Å². The molecule has 0 bridgehead atoms. The fourth-order valence-corrected chi connectivity index (χ4v) is 4.60. The number of nitrogens with one attached hydrogen (secondary N) is 1. The predicted molar refractivity (Wildman–Crippen MR) is 109 cm³/mol. The molecule has 1 aromatic heterocycles. The van der Waals surface area contributed by atoms with Gasteiger partial charge < -0.3 is 11.1 Å². The number of rotatable bonds is 5. The van der Waals surface area contributed by atoms with Gasteiger partial charge in [0.05, 0.1) is 10.5 Å². The Hall–Kier alpha value is -3.00. The first-order valence-electron chi connectivity index (χ1n) is 9.13. The number of fused-ring (bicyclic) bond motifs is 1. The minimum atomic E-state index is -0.521. The van der Waals surface area contributed by atoms with E-state index in [0.29, 0.717) is 16.1 Å². The number of nitro groups is 1. The van der Waals surface area contributed by atoms with E-state index in [1.165, 1.54) is 36.0 Å². The lowest BCUT2D eigenvalue weighted by molar-refractivity contribution is -0.384. The molecular weight excluding hydrogens is 378 g/mol. The number of carbonyl (C=O) groups excluding carboxylic acids is 2. The maximum atomic E-state index is 12.3. The van der Waals surface area contributed by atoms with Gasteiger partial charge in [-0.15, -0.1) is 11.3 Å². The van der Waals surface area contributed by atoms with Crippen molar-refractivity contribution in [3.05, 3.63) is 62.0 Å². The second-order valence-corrected chi connectivity index (χ2v) is 7.76. The molecule has 3 rings (SSSR count). The molecule has 2 amide bonds. The van der Waals surface area contributed by atoms with Crippen molar-refractivity contribution in [2.45, 2.75) is 38.5 Å². The van der Waals surface area contributed by atoms with Gasteiger partial charge in [0, 0.05) is 23.1 Å². The van der Waals surface area contributed by atoms with Crippen molar-refractivity contribution < 1.29 is 14.5 Å². The van der Waals surface area contributed by atoms with Gasteiger partial charge in [0.2, 0.25) is 5.91 Å². The first-order chi connectivity index (χ1) is 13.5. The number of nitrogens with two attached hydrogens (primary N) is 1. The monoisotopic (exact) mass is 399 g/mol. The Morgan fingerprint density at radius 3 is 2.43 bits per heavy atom. The molecule has 7 nitrogen and oxygen atoms in total. The van der Waals surface area contributed by atoms with Gasteiger partial charge in [0.1, 0.15) is 5.00 Å². The van der Waals surface area contributed by atoms with Crippen LogP contribution in [0.5, 0.6) is 0 Å². The zero-order valence-electron chi connectivity index (χ0n) is 15.3. The molecule has 28 heavy (non-hydrogen) atoms. The standard InChI is InChI=1S/C20H21N3O4S/c21-19(25)18-15-5-3-1-2-4-6-16(15)28-20(18)22-17(24)12-9-13-7-10-14(11-8-13)23(26)27/h7-12H,1-6H2,(H2,21,25)(H,22,24)/b12-9-. The Labute approximate surface area is 166 Å².